The van der Waals surface area contributed by atoms with Gasteiger partial charge in [-0.3, -0.25) is 4.90 Å². The van der Waals surface area contributed by atoms with Gasteiger partial charge in [0.1, 0.15) is 11.4 Å². The second-order valence-electron chi connectivity index (χ2n) is 8.14. The van der Waals surface area contributed by atoms with Gasteiger partial charge in [-0.1, -0.05) is 19.1 Å². The lowest BCUT2D eigenvalue weighted by atomic mass is 10.00. The molecule has 3 nitrogen and oxygen atoms in total. The topological polar surface area (TPSA) is 21.7 Å². The van der Waals surface area contributed by atoms with E-state index in [-0.39, 0.29) is 5.60 Å². The fourth-order valence-electron chi connectivity index (χ4n) is 3.39. The van der Waals surface area contributed by atoms with Crippen molar-refractivity contribution in [2.45, 2.75) is 65.8 Å². The molecule has 1 aromatic rings. The van der Waals surface area contributed by atoms with E-state index in [0.717, 1.165) is 31.8 Å². The van der Waals surface area contributed by atoms with Gasteiger partial charge in [0.05, 0.1) is 12.2 Å². The van der Waals surface area contributed by atoms with Crippen molar-refractivity contribution >= 4 is 0 Å². The van der Waals surface area contributed by atoms with Gasteiger partial charge in [-0.15, -0.1) is 0 Å². The zero-order valence-electron chi connectivity index (χ0n) is 15.6. The van der Waals surface area contributed by atoms with Crippen molar-refractivity contribution in [1.29, 1.82) is 0 Å². The first-order valence-electron chi connectivity index (χ1n) is 8.87. The van der Waals surface area contributed by atoms with Gasteiger partial charge in [0.15, 0.2) is 0 Å². The molecular weight excluding hydrogens is 286 g/mol. The van der Waals surface area contributed by atoms with Crippen LogP contribution in [0.25, 0.3) is 0 Å². The number of hydrogen-bond donors (Lipinski definition) is 0. The van der Waals surface area contributed by atoms with E-state index in [1.54, 1.807) is 0 Å². The molecule has 1 aliphatic rings. The maximum atomic E-state index is 5.88. The second-order valence-corrected chi connectivity index (χ2v) is 8.14. The lowest BCUT2D eigenvalue weighted by Gasteiger charge is -2.36. The van der Waals surface area contributed by atoms with Crippen LogP contribution >= 0.6 is 0 Å². The van der Waals surface area contributed by atoms with E-state index in [1.165, 1.54) is 5.56 Å². The molecule has 1 fully saturated rings. The molecule has 0 N–H and O–H groups in total. The summed E-state index contributed by atoms with van der Waals surface area (Å²) in [7, 11) is 0. The first-order valence-corrected chi connectivity index (χ1v) is 8.87. The van der Waals surface area contributed by atoms with Crippen LogP contribution in [0.15, 0.2) is 24.3 Å². The molecule has 0 amide bonds. The Labute approximate surface area is 142 Å². The van der Waals surface area contributed by atoms with Gasteiger partial charge < -0.3 is 9.47 Å². The first kappa shape index (κ1) is 18.3. The summed E-state index contributed by atoms with van der Waals surface area (Å²) in [5, 5.41) is 0. The molecule has 130 valence electrons. The molecule has 2 rings (SSSR count). The van der Waals surface area contributed by atoms with Gasteiger partial charge in [0, 0.05) is 19.6 Å². The summed E-state index contributed by atoms with van der Waals surface area (Å²) < 4.78 is 11.7. The third kappa shape index (κ3) is 6.52. The van der Waals surface area contributed by atoms with E-state index < -0.39 is 0 Å². The molecule has 1 saturated heterocycles. The summed E-state index contributed by atoms with van der Waals surface area (Å²) in [6.45, 7) is 16.1. The average Bonchev–Trinajstić information content (AvgIpc) is 2.38. The standard InChI is InChI=1S/C20H33NO2/c1-15(12-21-13-16(2)22-17(3)14-21)11-18-7-9-19(10-8-18)23-20(4,5)6/h7-10,15-17H,11-14H2,1-6H3/t15?,16-,17+. The lowest BCUT2D eigenvalue weighted by Crippen LogP contribution is -2.47. The third-order valence-corrected chi connectivity index (χ3v) is 4.00. The number of hydrogen-bond acceptors (Lipinski definition) is 3. The molecular formula is C20H33NO2. The second kappa shape index (κ2) is 7.67. The van der Waals surface area contributed by atoms with Gasteiger partial charge in [-0.25, -0.2) is 0 Å². The van der Waals surface area contributed by atoms with E-state index in [0.29, 0.717) is 18.1 Å². The van der Waals surface area contributed by atoms with Crippen LogP contribution in [-0.4, -0.2) is 42.3 Å². The zero-order chi connectivity index (χ0) is 17.0. The first-order chi connectivity index (χ1) is 10.7. The Balaban J connectivity index is 1.84. The van der Waals surface area contributed by atoms with Crippen LogP contribution in [0.5, 0.6) is 5.75 Å². The monoisotopic (exact) mass is 319 g/mol. The lowest BCUT2D eigenvalue weighted by molar-refractivity contribution is -0.0708. The molecule has 1 aromatic carbocycles. The number of nitrogens with zero attached hydrogens (tertiary/aromatic N) is 1. The van der Waals surface area contributed by atoms with Crippen LogP contribution in [0.1, 0.15) is 47.1 Å². The summed E-state index contributed by atoms with van der Waals surface area (Å²) in [6, 6.07) is 8.57. The number of rotatable bonds is 5. The number of morpholine rings is 1. The summed E-state index contributed by atoms with van der Waals surface area (Å²) in [4.78, 5) is 2.54. The Morgan fingerprint density at radius 1 is 1.13 bits per heavy atom. The zero-order valence-corrected chi connectivity index (χ0v) is 15.6. The largest absolute Gasteiger partial charge is 0.488 e. The fourth-order valence-corrected chi connectivity index (χ4v) is 3.39. The molecule has 0 aromatic heterocycles. The maximum Gasteiger partial charge on any atom is 0.120 e. The Bertz CT molecular complexity index is 467. The average molecular weight is 319 g/mol. The van der Waals surface area contributed by atoms with E-state index in [1.807, 2.05) is 0 Å². The molecule has 1 aliphatic heterocycles. The minimum Gasteiger partial charge on any atom is -0.488 e. The van der Waals surface area contributed by atoms with Crippen molar-refractivity contribution in [3.8, 4) is 5.75 Å². The van der Waals surface area contributed by atoms with Crippen molar-refractivity contribution in [3.05, 3.63) is 29.8 Å². The molecule has 3 atom stereocenters. The minimum absolute atomic E-state index is 0.140. The van der Waals surface area contributed by atoms with Crippen LogP contribution in [0, 0.1) is 5.92 Å². The van der Waals surface area contributed by atoms with E-state index in [2.05, 4.69) is 70.7 Å². The van der Waals surface area contributed by atoms with Crippen LogP contribution in [-0.2, 0) is 11.2 Å². The van der Waals surface area contributed by atoms with Crippen molar-refractivity contribution in [2.24, 2.45) is 5.92 Å². The van der Waals surface area contributed by atoms with E-state index in [4.69, 9.17) is 9.47 Å². The van der Waals surface area contributed by atoms with Gasteiger partial charge in [-0.05, 0) is 64.7 Å². The van der Waals surface area contributed by atoms with Crippen LogP contribution < -0.4 is 4.74 Å². The molecule has 0 bridgehead atoms. The van der Waals surface area contributed by atoms with Crippen molar-refractivity contribution in [2.75, 3.05) is 19.6 Å². The highest BCUT2D eigenvalue weighted by molar-refractivity contribution is 5.28. The molecule has 1 unspecified atom stereocenters. The van der Waals surface area contributed by atoms with Crippen molar-refractivity contribution in [1.82, 2.24) is 4.90 Å². The Kier molecular flexibility index (Phi) is 6.10. The molecule has 23 heavy (non-hydrogen) atoms. The summed E-state index contributed by atoms with van der Waals surface area (Å²) in [5.41, 5.74) is 1.24. The Morgan fingerprint density at radius 2 is 1.70 bits per heavy atom. The van der Waals surface area contributed by atoms with E-state index >= 15 is 0 Å². The number of ether oxygens (including phenoxy) is 2. The highest BCUT2D eigenvalue weighted by atomic mass is 16.5. The van der Waals surface area contributed by atoms with Gasteiger partial charge in [-0.2, -0.15) is 0 Å². The minimum atomic E-state index is -0.140. The summed E-state index contributed by atoms with van der Waals surface area (Å²) >= 11 is 0. The number of benzene rings is 1. The predicted molar refractivity (Wildman–Crippen MR) is 96.1 cm³/mol. The van der Waals surface area contributed by atoms with E-state index in [9.17, 15) is 0 Å². The van der Waals surface area contributed by atoms with Crippen LogP contribution in [0.4, 0.5) is 0 Å². The van der Waals surface area contributed by atoms with Crippen LogP contribution in [0.3, 0.4) is 0 Å². The highest BCUT2D eigenvalue weighted by Gasteiger charge is 2.23. The van der Waals surface area contributed by atoms with Crippen molar-refractivity contribution < 1.29 is 9.47 Å². The molecule has 0 radical (unpaired) electrons. The van der Waals surface area contributed by atoms with Crippen LogP contribution in [0.2, 0.25) is 0 Å². The molecule has 0 saturated carbocycles. The molecule has 0 spiro atoms. The fraction of sp³-hybridized carbons (Fsp3) is 0.700. The Hall–Kier alpha value is -1.06. The SMILES string of the molecule is CC(Cc1ccc(OC(C)(C)C)cc1)CN1C[C@@H](C)O[C@@H](C)C1. The summed E-state index contributed by atoms with van der Waals surface area (Å²) in [5.74, 6) is 1.59. The van der Waals surface area contributed by atoms with Gasteiger partial charge in [0.25, 0.3) is 0 Å². The quantitative estimate of drug-likeness (QED) is 0.814. The molecule has 1 heterocycles. The predicted octanol–water partition coefficient (Wildman–Crippen LogP) is 4.15. The molecule has 3 heteroatoms. The smallest absolute Gasteiger partial charge is 0.120 e. The molecule has 0 aliphatic carbocycles. The van der Waals surface area contributed by atoms with Gasteiger partial charge in [0.2, 0.25) is 0 Å². The van der Waals surface area contributed by atoms with Gasteiger partial charge >= 0.3 is 0 Å². The highest BCUT2D eigenvalue weighted by Crippen LogP contribution is 2.20. The summed E-state index contributed by atoms with van der Waals surface area (Å²) in [6.07, 6.45) is 1.80. The van der Waals surface area contributed by atoms with Crippen molar-refractivity contribution in [3.63, 3.8) is 0 Å². The normalized spacial score (nSPS) is 24.4. The Morgan fingerprint density at radius 3 is 2.22 bits per heavy atom. The third-order valence-electron chi connectivity index (χ3n) is 4.00. The maximum absolute atomic E-state index is 5.88.